The Bertz CT molecular complexity index is 1380. The van der Waals surface area contributed by atoms with Crippen molar-refractivity contribution < 1.29 is 26.3 Å². The zero-order valence-corrected chi connectivity index (χ0v) is 20.8. The number of rotatable bonds is 8. The third-order valence-electron chi connectivity index (χ3n) is 5.50. The molecular weight excluding hydrogens is 494 g/mol. The minimum Gasteiger partial charge on any atom is -0.493 e. The van der Waals surface area contributed by atoms with Gasteiger partial charge < -0.3 is 14.4 Å². The number of hydrogen-bond acceptors (Lipinski definition) is 9. The van der Waals surface area contributed by atoms with Crippen LogP contribution in [0.15, 0.2) is 70.5 Å². The first-order chi connectivity index (χ1) is 16.7. The van der Waals surface area contributed by atoms with Crippen LogP contribution in [-0.4, -0.2) is 71.7 Å². The van der Waals surface area contributed by atoms with E-state index in [1.165, 1.54) is 48.9 Å². The molecule has 1 saturated heterocycles. The largest absolute Gasteiger partial charge is 0.493 e. The van der Waals surface area contributed by atoms with Crippen molar-refractivity contribution in [2.24, 2.45) is 0 Å². The van der Waals surface area contributed by atoms with E-state index in [-0.39, 0.29) is 28.7 Å². The van der Waals surface area contributed by atoms with Gasteiger partial charge in [0.25, 0.3) is 10.0 Å². The summed E-state index contributed by atoms with van der Waals surface area (Å²) < 4.78 is 65.3. The van der Waals surface area contributed by atoms with Crippen LogP contribution in [0, 0.1) is 0 Å². The van der Waals surface area contributed by atoms with Crippen molar-refractivity contribution in [2.75, 3.05) is 50.0 Å². The molecule has 1 aliphatic heterocycles. The Balaban J connectivity index is 1.41. The van der Waals surface area contributed by atoms with Crippen molar-refractivity contribution >= 4 is 31.7 Å². The van der Waals surface area contributed by atoms with Crippen LogP contribution >= 0.6 is 0 Å². The van der Waals surface area contributed by atoms with Gasteiger partial charge in [0.15, 0.2) is 23.1 Å². The van der Waals surface area contributed by atoms with Crippen molar-refractivity contribution in [1.29, 1.82) is 0 Å². The first-order valence-electron chi connectivity index (χ1n) is 10.6. The minimum atomic E-state index is -3.77. The Kier molecular flexibility index (Phi) is 7.10. The maximum absolute atomic E-state index is 13.1. The molecule has 186 valence electrons. The highest BCUT2D eigenvalue weighted by molar-refractivity contribution is 7.92. The van der Waals surface area contributed by atoms with E-state index in [4.69, 9.17) is 9.47 Å². The molecule has 3 aromatic rings. The lowest BCUT2D eigenvalue weighted by atomic mass is 10.3. The van der Waals surface area contributed by atoms with Gasteiger partial charge in [-0.05, 0) is 36.4 Å². The Hall–Kier alpha value is -3.42. The monoisotopic (exact) mass is 519 g/mol. The zero-order chi connectivity index (χ0) is 25.1. The van der Waals surface area contributed by atoms with Crippen molar-refractivity contribution in [2.45, 2.75) is 9.79 Å². The lowest BCUT2D eigenvalue weighted by Crippen LogP contribution is -2.49. The van der Waals surface area contributed by atoms with Crippen LogP contribution in [0.3, 0.4) is 0 Å². The molecule has 35 heavy (non-hydrogen) atoms. The van der Waals surface area contributed by atoms with Gasteiger partial charge in [-0.25, -0.2) is 16.8 Å². The van der Waals surface area contributed by atoms with Gasteiger partial charge in [0.05, 0.1) is 24.0 Å². The Labute approximate surface area is 204 Å². The second-order valence-corrected chi connectivity index (χ2v) is 11.2. The van der Waals surface area contributed by atoms with Crippen LogP contribution in [-0.2, 0) is 20.0 Å². The second kappa shape index (κ2) is 10.1. The van der Waals surface area contributed by atoms with Crippen LogP contribution in [0.5, 0.6) is 11.5 Å². The number of sulfonamides is 2. The van der Waals surface area contributed by atoms with Gasteiger partial charge >= 0.3 is 0 Å². The summed E-state index contributed by atoms with van der Waals surface area (Å²) >= 11 is 0. The molecule has 2 heterocycles. The molecule has 11 nitrogen and oxygen atoms in total. The second-order valence-electron chi connectivity index (χ2n) is 7.60. The number of aromatic nitrogens is 2. The molecule has 1 aliphatic rings. The average Bonchev–Trinajstić information content (AvgIpc) is 2.89. The first-order valence-corrected chi connectivity index (χ1v) is 13.6. The summed E-state index contributed by atoms with van der Waals surface area (Å²) in [6.07, 6.45) is 0. The van der Waals surface area contributed by atoms with E-state index in [1.54, 1.807) is 30.3 Å². The van der Waals surface area contributed by atoms with Crippen LogP contribution in [0.2, 0.25) is 0 Å². The number of ether oxygens (including phenoxy) is 2. The number of nitrogens with one attached hydrogen (secondary N) is 1. The Morgan fingerprint density at radius 2 is 1.46 bits per heavy atom. The molecule has 13 heteroatoms. The molecule has 2 aromatic carbocycles. The molecule has 0 bridgehead atoms. The van der Waals surface area contributed by atoms with E-state index in [2.05, 4.69) is 14.9 Å². The van der Waals surface area contributed by atoms with Crippen molar-refractivity contribution in [3.05, 3.63) is 60.7 Å². The maximum Gasteiger partial charge on any atom is 0.263 e. The fourth-order valence-corrected chi connectivity index (χ4v) is 6.08. The summed E-state index contributed by atoms with van der Waals surface area (Å²) in [5.74, 6) is 1.40. The fraction of sp³-hybridized carbons (Fsp3) is 0.273. The number of nitrogens with zero attached hydrogens (tertiary/aromatic N) is 4. The van der Waals surface area contributed by atoms with Gasteiger partial charge in [-0.15, -0.1) is 10.2 Å². The van der Waals surface area contributed by atoms with Crippen LogP contribution in [0.25, 0.3) is 0 Å². The summed E-state index contributed by atoms with van der Waals surface area (Å²) in [5, 5.41) is 8.09. The summed E-state index contributed by atoms with van der Waals surface area (Å²) in [5.41, 5.74) is 0. The highest BCUT2D eigenvalue weighted by Gasteiger charge is 2.30. The molecule has 0 radical (unpaired) electrons. The molecule has 4 rings (SSSR count). The molecular formula is C22H25N5O6S2. The molecule has 1 N–H and O–H groups in total. The molecule has 1 aromatic heterocycles. The quantitative estimate of drug-likeness (QED) is 0.473. The van der Waals surface area contributed by atoms with E-state index >= 15 is 0 Å². The van der Waals surface area contributed by atoms with E-state index in [1.807, 2.05) is 4.90 Å². The zero-order valence-electron chi connectivity index (χ0n) is 19.2. The lowest BCUT2D eigenvalue weighted by molar-refractivity contribution is 0.353. The summed E-state index contributed by atoms with van der Waals surface area (Å²) in [6.45, 7) is 1.30. The van der Waals surface area contributed by atoms with E-state index in [9.17, 15) is 16.8 Å². The van der Waals surface area contributed by atoms with Crippen molar-refractivity contribution in [1.82, 2.24) is 14.5 Å². The maximum atomic E-state index is 13.1. The number of piperazine rings is 1. The smallest absolute Gasteiger partial charge is 0.263 e. The Morgan fingerprint density at radius 3 is 2.06 bits per heavy atom. The average molecular weight is 520 g/mol. The SMILES string of the molecule is COc1ccc(S(=O)(=O)N2CCN(c3ccc(NS(=O)(=O)c4ccccc4)nn3)CC2)cc1OC. The van der Waals surface area contributed by atoms with Crippen LogP contribution < -0.4 is 19.1 Å². The molecule has 0 unspecified atom stereocenters. The fourth-order valence-electron chi connectivity index (χ4n) is 3.63. The number of benzene rings is 2. The molecule has 1 fully saturated rings. The summed E-state index contributed by atoms with van der Waals surface area (Å²) in [4.78, 5) is 2.14. The number of anilines is 2. The van der Waals surface area contributed by atoms with Crippen LogP contribution in [0.4, 0.5) is 11.6 Å². The van der Waals surface area contributed by atoms with Gasteiger partial charge in [0.2, 0.25) is 10.0 Å². The minimum absolute atomic E-state index is 0.0901. The van der Waals surface area contributed by atoms with Gasteiger partial charge in [0.1, 0.15) is 0 Å². The highest BCUT2D eigenvalue weighted by Crippen LogP contribution is 2.31. The number of methoxy groups -OCH3 is 2. The van der Waals surface area contributed by atoms with Gasteiger partial charge in [-0.1, -0.05) is 18.2 Å². The molecule has 0 spiro atoms. The standard InChI is InChI=1S/C22H25N5O6S2/c1-32-19-9-8-18(16-20(19)33-2)35(30,31)27-14-12-26(13-15-27)22-11-10-21(23-24-22)25-34(28,29)17-6-4-3-5-7-17/h3-11,16H,12-15H2,1-2H3,(H,23,25). The first kappa shape index (κ1) is 24.7. The number of hydrogen-bond donors (Lipinski definition) is 1. The normalized spacial score (nSPS) is 15.0. The Morgan fingerprint density at radius 1 is 0.771 bits per heavy atom. The van der Waals surface area contributed by atoms with E-state index in [0.717, 1.165) is 0 Å². The molecule has 0 saturated carbocycles. The highest BCUT2D eigenvalue weighted by atomic mass is 32.2. The van der Waals surface area contributed by atoms with Crippen molar-refractivity contribution in [3.63, 3.8) is 0 Å². The lowest BCUT2D eigenvalue weighted by Gasteiger charge is -2.34. The molecule has 0 amide bonds. The van der Waals surface area contributed by atoms with E-state index in [0.29, 0.717) is 30.4 Å². The van der Waals surface area contributed by atoms with Gasteiger partial charge in [0, 0.05) is 32.2 Å². The van der Waals surface area contributed by atoms with E-state index < -0.39 is 20.0 Å². The molecule has 0 atom stereocenters. The molecule has 0 aliphatic carbocycles. The third kappa shape index (κ3) is 5.31. The summed E-state index contributed by atoms with van der Waals surface area (Å²) in [6, 6.07) is 15.6. The predicted molar refractivity (Wildman–Crippen MR) is 130 cm³/mol. The third-order valence-corrected chi connectivity index (χ3v) is 8.76. The summed E-state index contributed by atoms with van der Waals surface area (Å²) in [7, 11) is -4.55. The topological polar surface area (TPSA) is 131 Å². The predicted octanol–water partition coefficient (Wildman–Crippen LogP) is 1.81. The van der Waals surface area contributed by atoms with Gasteiger partial charge in [-0.2, -0.15) is 4.31 Å². The van der Waals surface area contributed by atoms with Crippen molar-refractivity contribution in [3.8, 4) is 11.5 Å². The van der Waals surface area contributed by atoms with Gasteiger partial charge in [-0.3, -0.25) is 4.72 Å². The van der Waals surface area contributed by atoms with Crippen LogP contribution in [0.1, 0.15) is 0 Å².